The molecule has 0 N–H and O–H groups in total. The lowest BCUT2D eigenvalue weighted by molar-refractivity contribution is 0.669. The van der Waals surface area contributed by atoms with E-state index >= 15 is 0 Å². The molecule has 0 saturated carbocycles. The third kappa shape index (κ3) is 5.23. The number of aromatic nitrogens is 2. The molecule has 3 aromatic heterocycles. The van der Waals surface area contributed by atoms with Crippen LogP contribution in [0.5, 0.6) is 0 Å². The fourth-order valence-corrected chi connectivity index (χ4v) is 8.12. The van der Waals surface area contributed by atoms with Crippen molar-refractivity contribution in [2.24, 2.45) is 0 Å². The second-order valence-corrected chi connectivity index (χ2v) is 13.8. The van der Waals surface area contributed by atoms with Crippen molar-refractivity contribution in [3.63, 3.8) is 0 Å². The zero-order valence-electron chi connectivity index (χ0n) is 27.4. The predicted molar refractivity (Wildman–Crippen MR) is 213 cm³/mol. The minimum absolute atomic E-state index is 0.698. The molecule has 0 aliphatic heterocycles. The van der Waals surface area contributed by atoms with Crippen LogP contribution in [0.25, 0.3) is 75.8 Å². The molecular weight excluding hydrogens is 643 g/mol. The lowest BCUT2D eigenvalue weighted by Gasteiger charge is -2.25. The van der Waals surface area contributed by atoms with Crippen molar-refractivity contribution in [2.45, 2.75) is 0 Å². The molecule has 7 aromatic carbocycles. The molecule has 0 fully saturated rings. The second kappa shape index (κ2) is 12.1. The maximum absolute atomic E-state index is 6.08. The Morgan fingerprint density at radius 1 is 0.392 bits per heavy atom. The summed E-state index contributed by atoms with van der Waals surface area (Å²) in [5.41, 5.74) is 10.4. The monoisotopic (exact) mass is 671 g/mol. The van der Waals surface area contributed by atoms with Gasteiger partial charge < -0.3 is 9.32 Å². The van der Waals surface area contributed by atoms with Crippen molar-refractivity contribution in [3.8, 4) is 33.6 Å². The molecule has 0 aliphatic carbocycles. The number of anilines is 3. The van der Waals surface area contributed by atoms with Crippen LogP contribution in [0.2, 0.25) is 0 Å². The van der Waals surface area contributed by atoms with Crippen LogP contribution < -0.4 is 4.90 Å². The van der Waals surface area contributed by atoms with E-state index in [9.17, 15) is 0 Å². The Morgan fingerprint density at radius 2 is 0.941 bits per heavy atom. The van der Waals surface area contributed by atoms with E-state index in [4.69, 9.17) is 14.4 Å². The number of rotatable bonds is 6. The van der Waals surface area contributed by atoms with Crippen molar-refractivity contribution in [1.29, 1.82) is 0 Å². The van der Waals surface area contributed by atoms with E-state index in [0.29, 0.717) is 5.82 Å². The van der Waals surface area contributed by atoms with Gasteiger partial charge >= 0.3 is 0 Å². The average molecular weight is 672 g/mol. The Hall–Kier alpha value is -6.56. The van der Waals surface area contributed by atoms with Crippen molar-refractivity contribution in [1.82, 2.24) is 9.97 Å². The summed E-state index contributed by atoms with van der Waals surface area (Å²) in [6, 6.07) is 57.6. The summed E-state index contributed by atoms with van der Waals surface area (Å²) < 4.78 is 8.70. The number of fused-ring (bicyclic) bond motifs is 6. The van der Waals surface area contributed by atoms with Gasteiger partial charge in [0.15, 0.2) is 5.82 Å². The van der Waals surface area contributed by atoms with Crippen molar-refractivity contribution in [2.75, 3.05) is 4.90 Å². The van der Waals surface area contributed by atoms with Gasteiger partial charge in [-0.25, -0.2) is 9.97 Å². The van der Waals surface area contributed by atoms with Gasteiger partial charge in [0.05, 0.1) is 18.1 Å². The number of para-hydroxylation sites is 1. The van der Waals surface area contributed by atoms with Crippen LogP contribution in [0, 0.1) is 0 Å². The first kappa shape index (κ1) is 29.4. The van der Waals surface area contributed by atoms with Gasteiger partial charge in [-0.05, 0) is 82.9 Å². The molecule has 3 heterocycles. The number of furan rings is 1. The van der Waals surface area contributed by atoms with Gasteiger partial charge in [0.25, 0.3) is 0 Å². The smallest absolute Gasteiger partial charge is 0.159 e. The van der Waals surface area contributed by atoms with Gasteiger partial charge in [0, 0.05) is 47.9 Å². The molecule has 51 heavy (non-hydrogen) atoms. The van der Waals surface area contributed by atoms with Gasteiger partial charge in [0.2, 0.25) is 0 Å². The molecule has 0 unspecified atom stereocenters. The van der Waals surface area contributed by atoms with Crippen LogP contribution in [-0.2, 0) is 0 Å². The number of thiophene rings is 1. The Morgan fingerprint density at radius 3 is 1.67 bits per heavy atom. The zero-order valence-corrected chi connectivity index (χ0v) is 28.2. The maximum atomic E-state index is 6.08. The summed E-state index contributed by atoms with van der Waals surface area (Å²) in [6.07, 6.45) is 3.81. The fourth-order valence-electron chi connectivity index (χ4n) is 7.04. The SMILES string of the molecule is c1ccc(-c2ncc(N(c3ccc(-c4ccc5oc6ccccc6c5c4)cc3)c3ccc(-c4ccc5sc6ccccc6c5c4)cc3)cn2)cc1. The number of hydrogen-bond donors (Lipinski definition) is 0. The van der Waals surface area contributed by atoms with Gasteiger partial charge in [0.1, 0.15) is 11.2 Å². The second-order valence-electron chi connectivity index (χ2n) is 12.7. The molecule has 10 rings (SSSR count). The quantitative estimate of drug-likeness (QED) is 0.176. The summed E-state index contributed by atoms with van der Waals surface area (Å²) in [5.74, 6) is 0.698. The van der Waals surface area contributed by atoms with E-state index in [0.717, 1.165) is 55.7 Å². The van der Waals surface area contributed by atoms with Crippen LogP contribution in [-0.4, -0.2) is 9.97 Å². The molecule has 0 spiro atoms. The molecule has 0 bridgehead atoms. The van der Waals surface area contributed by atoms with Crippen molar-refractivity contribution >= 4 is 70.5 Å². The Bertz CT molecular complexity index is 2680. The molecule has 0 atom stereocenters. The maximum Gasteiger partial charge on any atom is 0.159 e. The Kier molecular flexibility index (Phi) is 6.96. The Balaban J connectivity index is 1.02. The first-order chi connectivity index (χ1) is 25.2. The normalized spacial score (nSPS) is 11.5. The topological polar surface area (TPSA) is 42.2 Å². The minimum Gasteiger partial charge on any atom is -0.456 e. The highest BCUT2D eigenvalue weighted by Gasteiger charge is 2.16. The summed E-state index contributed by atoms with van der Waals surface area (Å²) in [6.45, 7) is 0. The first-order valence-corrected chi connectivity index (χ1v) is 17.8. The number of benzene rings is 7. The first-order valence-electron chi connectivity index (χ1n) is 17.0. The predicted octanol–water partition coefficient (Wildman–Crippen LogP) is 13.2. The molecule has 10 aromatic rings. The lowest BCUT2D eigenvalue weighted by Crippen LogP contribution is -2.11. The van der Waals surface area contributed by atoms with Crippen molar-refractivity contribution in [3.05, 3.63) is 176 Å². The van der Waals surface area contributed by atoms with Crippen LogP contribution in [0.3, 0.4) is 0 Å². The van der Waals surface area contributed by atoms with E-state index in [1.54, 1.807) is 0 Å². The highest BCUT2D eigenvalue weighted by Crippen LogP contribution is 2.40. The van der Waals surface area contributed by atoms with Gasteiger partial charge in [-0.3, -0.25) is 0 Å². The van der Waals surface area contributed by atoms with Gasteiger partial charge in [-0.15, -0.1) is 11.3 Å². The molecule has 0 saturated heterocycles. The van der Waals surface area contributed by atoms with Gasteiger partial charge in [-0.1, -0.05) is 103 Å². The van der Waals surface area contributed by atoms with Crippen LogP contribution in [0.15, 0.2) is 181 Å². The van der Waals surface area contributed by atoms with E-state index in [1.807, 2.05) is 66.2 Å². The van der Waals surface area contributed by atoms with Gasteiger partial charge in [-0.2, -0.15) is 0 Å². The van der Waals surface area contributed by atoms with E-state index in [-0.39, 0.29) is 0 Å². The highest BCUT2D eigenvalue weighted by atomic mass is 32.1. The molecule has 5 heteroatoms. The van der Waals surface area contributed by atoms with E-state index < -0.39 is 0 Å². The van der Waals surface area contributed by atoms with Crippen LogP contribution >= 0.6 is 11.3 Å². The fraction of sp³-hybridized carbons (Fsp3) is 0. The third-order valence-electron chi connectivity index (χ3n) is 9.60. The molecule has 0 radical (unpaired) electrons. The third-order valence-corrected chi connectivity index (χ3v) is 10.8. The average Bonchev–Trinajstić information content (AvgIpc) is 3.77. The number of hydrogen-bond acceptors (Lipinski definition) is 5. The zero-order chi connectivity index (χ0) is 33.7. The van der Waals surface area contributed by atoms with Crippen molar-refractivity contribution < 1.29 is 4.42 Å². The summed E-state index contributed by atoms with van der Waals surface area (Å²) in [5, 5.41) is 4.86. The molecule has 0 amide bonds. The van der Waals surface area contributed by atoms with E-state index in [1.165, 1.54) is 31.3 Å². The standard InChI is InChI=1S/C46H29N3OS/c1-2-8-32(9-3-1)46-47-28-37(29-48-46)49(35-20-14-30(15-21-35)33-18-24-43-40(26-33)38-10-4-6-12-42(38)50-43)36-22-16-31(17-23-36)34-19-25-45-41(27-34)39-11-5-7-13-44(39)51-45/h1-29H. The minimum atomic E-state index is 0.698. The Labute approximate surface area is 298 Å². The summed E-state index contributed by atoms with van der Waals surface area (Å²) in [7, 11) is 0. The van der Waals surface area contributed by atoms with E-state index in [2.05, 4.69) is 126 Å². The summed E-state index contributed by atoms with van der Waals surface area (Å²) in [4.78, 5) is 11.8. The largest absolute Gasteiger partial charge is 0.456 e. The summed E-state index contributed by atoms with van der Waals surface area (Å²) >= 11 is 1.84. The number of nitrogens with zero attached hydrogens (tertiary/aromatic N) is 3. The lowest BCUT2D eigenvalue weighted by atomic mass is 10.0. The molecule has 0 aliphatic rings. The molecule has 240 valence electrons. The van der Waals surface area contributed by atoms with Crippen LogP contribution in [0.4, 0.5) is 17.1 Å². The van der Waals surface area contributed by atoms with Crippen LogP contribution in [0.1, 0.15) is 0 Å². The highest BCUT2D eigenvalue weighted by molar-refractivity contribution is 7.25. The molecule has 4 nitrogen and oxygen atoms in total. The molecular formula is C46H29N3OS.